The van der Waals surface area contributed by atoms with E-state index in [1.807, 2.05) is 6.92 Å². The summed E-state index contributed by atoms with van der Waals surface area (Å²) in [5, 5.41) is 12.3. The van der Waals surface area contributed by atoms with Crippen molar-refractivity contribution in [2.45, 2.75) is 57.2 Å². The molecule has 2 aliphatic rings. The van der Waals surface area contributed by atoms with E-state index in [1.165, 1.54) is 6.42 Å². The number of likely N-dealkylation sites (tertiary alicyclic amines) is 1. The Morgan fingerprint density at radius 1 is 1.44 bits per heavy atom. The number of amides is 1. The van der Waals surface area contributed by atoms with Crippen molar-refractivity contribution in [2.24, 2.45) is 0 Å². The van der Waals surface area contributed by atoms with E-state index in [-0.39, 0.29) is 24.6 Å². The summed E-state index contributed by atoms with van der Waals surface area (Å²) in [7, 11) is 0. The standard InChI is InChI=1S/C12H22N2O2/c1-9(12(16)13-10-5-6-10)14-7-3-2-4-11(14)8-15/h9-11,15H,2-8H2,1H3,(H,13,16). The molecule has 1 heterocycles. The topological polar surface area (TPSA) is 52.6 Å². The molecule has 1 amide bonds. The highest BCUT2D eigenvalue weighted by Gasteiger charge is 2.32. The zero-order chi connectivity index (χ0) is 11.5. The van der Waals surface area contributed by atoms with Gasteiger partial charge in [-0.1, -0.05) is 6.42 Å². The van der Waals surface area contributed by atoms with Crippen molar-refractivity contribution >= 4 is 5.91 Å². The molecule has 2 atom stereocenters. The number of hydrogen-bond acceptors (Lipinski definition) is 3. The largest absolute Gasteiger partial charge is 0.395 e. The zero-order valence-corrected chi connectivity index (χ0v) is 9.98. The predicted octanol–water partition coefficient (Wildman–Crippen LogP) is 0.500. The Morgan fingerprint density at radius 2 is 2.19 bits per heavy atom. The van der Waals surface area contributed by atoms with Crippen molar-refractivity contribution in [2.75, 3.05) is 13.2 Å². The Kier molecular flexibility index (Phi) is 3.82. The Morgan fingerprint density at radius 3 is 2.81 bits per heavy atom. The van der Waals surface area contributed by atoms with Crippen LogP contribution in [0.3, 0.4) is 0 Å². The van der Waals surface area contributed by atoms with Gasteiger partial charge in [-0.05, 0) is 39.2 Å². The van der Waals surface area contributed by atoms with Gasteiger partial charge in [0.25, 0.3) is 0 Å². The van der Waals surface area contributed by atoms with Gasteiger partial charge >= 0.3 is 0 Å². The van der Waals surface area contributed by atoms with Crippen LogP contribution < -0.4 is 5.32 Å². The molecule has 0 aromatic heterocycles. The number of nitrogens with zero attached hydrogens (tertiary/aromatic N) is 1. The minimum atomic E-state index is -0.0990. The number of hydrogen-bond donors (Lipinski definition) is 2. The monoisotopic (exact) mass is 226 g/mol. The average Bonchev–Trinajstić information content (AvgIpc) is 3.11. The molecular formula is C12H22N2O2. The molecule has 1 aliphatic heterocycles. The van der Waals surface area contributed by atoms with Gasteiger partial charge in [-0.25, -0.2) is 0 Å². The fourth-order valence-electron chi connectivity index (χ4n) is 2.43. The van der Waals surface area contributed by atoms with Crippen molar-refractivity contribution < 1.29 is 9.90 Å². The van der Waals surface area contributed by atoms with Crippen LogP contribution in [0.25, 0.3) is 0 Å². The molecular weight excluding hydrogens is 204 g/mol. The van der Waals surface area contributed by atoms with Crippen LogP contribution in [0.4, 0.5) is 0 Å². The van der Waals surface area contributed by atoms with Crippen LogP contribution in [-0.2, 0) is 4.79 Å². The smallest absolute Gasteiger partial charge is 0.237 e. The Balaban J connectivity index is 1.89. The predicted molar refractivity (Wildman–Crippen MR) is 62.1 cm³/mol. The summed E-state index contributed by atoms with van der Waals surface area (Å²) in [5.74, 6) is 0.128. The maximum absolute atomic E-state index is 11.9. The van der Waals surface area contributed by atoms with Gasteiger partial charge < -0.3 is 10.4 Å². The van der Waals surface area contributed by atoms with Gasteiger partial charge in [0, 0.05) is 12.1 Å². The van der Waals surface area contributed by atoms with E-state index in [9.17, 15) is 9.90 Å². The molecule has 92 valence electrons. The molecule has 0 radical (unpaired) electrons. The van der Waals surface area contributed by atoms with Crippen LogP contribution in [0, 0.1) is 0 Å². The SMILES string of the molecule is CC(C(=O)NC1CC1)N1CCCCC1CO. The first-order valence-corrected chi connectivity index (χ1v) is 6.39. The summed E-state index contributed by atoms with van der Waals surface area (Å²) >= 11 is 0. The number of piperidine rings is 1. The van der Waals surface area contributed by atoms with Gasteiger partial charge in [-0.3, -0.25) is 9.69 Å². The first kappa shape index (κ1) is 11.9. The average molecular weight is 226 g/mol. The fraction of sp³-hybridized carbons (Fsp3) is 0.917. The molecule has 1 saturated carbocycles. The highest BCUT2D eigenvalue weighted by molar-refractivity contribution is 5.81. The summed E-state index contributed by atoms with van der Waals surface area (Å²) in [5.41, 5.74) is 0. The molecule has 2 unspecified atom stereocenters. The third-order valence-corrected chi connectivity index (χ3v) is 3.68. The molecule has 4 nitrogen and oxygen atoms in total. The van der Waals surface area contributed by atoms with E-state index in [0.29, 0.717) is 6.04 Å². The molecule has 2 rings (SSSR count). The van der Waals surface area contributed by atoms with Gasteiger partial charge in [-0.15, -0.1) is 0 Å². The van der Waals surface area contributed by atoms with Gasteiger partial charge in [-0.2, -0.15) is 0 Å². The van der Waals surface area contributed by atoms with Crippen LogP contribution in [0.5, 0.6) is 0 Å². The van der Waals surface area contributed by atoms with Crippen molar-refractivity contribution in [3.05, 3.63) is 0 Å². The van der Waals surface area contributed by atoms with Gasteiger partial charge in [0.05, 0.1) is 12.6 Å². The molecule has 0 bridgehead atoms. The maximum atomic E-state index is 11.9. The van der Waals surface area contributed by atoms with Crippen LogP contribution in [0.2, 0.25) is 0 Å². The van der Waals surface area contributed by atoms with Crippen LogP contribution >= 0.6 is 0 Å². The quantitative estimate of drug-likeness (QED) is 0.734. The zero-order valence-electron chi connectivity index (χ0n) is 9.98. The van der Waals surface area contributed by atoms with E-state index in [2.05, 4.69) is 10.2 Å². The Bertz CT molecular complexity index is 253. The molecule has 0 aromatic rings. The van der Waals surface area contributed by atoms with Gasteiger partial charge in [0.1, 0.15) is 0 Å². The number of carbonyl (C=O) groups is 1. The molecule has 2 fully saturated rings. The summed E-state index contributed by atoms with van der Waals surface area (Å²) in [6, 6.07) is 0.499. The highest BCUT2D eigenvalue weighted by Crippen LogP contribution is 2.22. The number of aliphatic hydroxyl groups excluding tert-OH is 1. The number of aliphatic hydroxyl groups is 1. The van der Waals surface area contributed by atoms with Crippen molar-refractivity contribution in [3.8, 4) is 0 Å². The molecule has 16 heavy (non-hydrogen) atoms. The summed E-state index contributed by atoms with van der Waals surface area (Å²) in [6.45, 7) is 3.05. The molecule has 0 aromatic carbocycles. The lowest BCUT2D eigenvalue weighted by Gasteiger charge is -2.38. The Hall–Kier alpha value is -0.610. The molecule has 1 aliphatic carbocycles. The van der Waals surface area contributed by atoms with E-state index in [0.717, 1.165) is 32.2 Å². The van der Waals surface area contributed by atoms with Crippen LogP contribution in [-0.4, -0.2) is 47.2 Å². The number of carbonyl (C=O) groups excluding carboxylic acids is 1. The van der Waals surface area contributed by atoms with E-state index >= 15 is 0 Å². The second-order valence-corrected chi connectivity index (χ2v) is 5.03. The molecule has 4 heteroatoms. The third kappa shape index (κ3) is 2.74. The first-order valence-electron chi connectivity index (χ1n) is 6.39. The molecule has 1 saturated heterocycles. The van der Waals surface area contributed by atoms with Crippen molar-refractivity contribution in [1.29, 1.82) is 0 Å². The van der Waals surface area contributed by atoms with Crippen LogP contribution in [0.1, 0.15) is 39.0 Å². The van der Waals surface area contributed by atoms with Gasteiger partial charge in [0.15, 0.2) is 0 Å². The van der Waals surface area contributed by atoms with E-state index in [4.69, 9.17) is 0 Å². The summed E-state index contributed by atoms with van der Waals surface area (Å²) in [4.78, 5) is 14.1. The Labute approximate surface area is 97.0 Å². The second kappa shape index (κ2) is 5.15. The second-order valence-electron chi connectivity index (χ2n) is 5.03. The van der Waals surface area contributed by atoms with Crippen molar-refractivity contribution in [1.82, 2.24) is 10.2 Å². The minimum Gasteiger partial charge on any atom is -0.395 e. The maximum Gasteiger partial charge on any atom is 0.237 e. The highest BCUT2D eigenvalue weighted by atomic mass is 16.3. The first-order chi connectivity index (χ1) is 7.72. The van der Waals surface area contributed by atoms with Crippen LogP contribution in [0.15, 0.2) is 0 Å². The lowest BCUT2D eigenvalue weighted by Crippen LogP contribution is -2.53. The number of rotatable bonds is 4. The summed E-state index contributed by atoms with van der Waals surface area (Å²) in [6.07, 6.45) is 5.57. The van der Waals surface area contributed by atoms with E-state index in [1.54, 1.807) is 0 Å². The number of nitrogens with one attached hydrogen (secondary N) is 1. The lowest BCUT2D eigenvalue weighted by molar-refractivity contribution is -0.127. The minimum absolute atomic E-state index is 0.0990. The molecule has 0 spiro atoms. The normalized spacial score (nSPS) is 28.8. The summed E-state index contributed by atoms with van der Waals surface area (Å²) < 4.78 is 0. The van der Waals surface area contributed by atoms with E-state index < -0.39 is 0 Å². The van der Waals surface area contributed by atoms with Crippen molar-refractivity contribution in [3.63, 3.8) is 0 Å². The third-order valence-electron chi connectivity index (χ3n) is 3.68. The lowest BCUT2D eigenvalue weighted by atomic mass is 10.0. The fourth-order valence-corrected chi connectivity index (χ4v) is 2.43. The molecule has 2 N–H and O–H groups in total. The van der Waals surface area contributed by atoms with Gasteiger partial charge in [0.2, 0.25) is 5.91 Å².